The number of likely N-dealkylation sites (tertiary alicyclic amines) is 1. The van der Waals surface area contributed by atoms with Crippen LogP contribution in [0.15, 0.2) is 6.20 Å². The number of rotatable bonds is 2. The molecule has 4 heteroatoms. The summed E-state index contributed by atoms with van der Waals surface area (Å²) in [6.07, 6.45) is 4.95. The highest BCUT2D eigenvalue weighted by molar-refractivity contribution is 5.24. The van der Waals surface area contributed by atoms with Gasteiger partial charge in [-0.1, -0.05) is 20.8 Å². The van der Waals surface area contributed by atoms with Gasteiger partial charge < -0.3 is 5.32 Å². The summed E-state index contributed by atoms with van der Waals surface area (Å²) >= 11 is 0. The summed E-state index contributed by atoms with van der Waals surface area (Å²) in [7, 11) is 2.04. The fraction of sp³-hybridized carbons (Fsp3) is 0.812. The first-order valence-corrected chi connectivity index (χ1v) is 7.93. The van der Waals surface area contributed by atoms with E-state index in [1.165, 1.54) is 37.2 Å². The van der Waals surface area contributed by atoms with Crippen LogP contribution in [-0.4, -0.2) is 40.4 Å². The SMILES string of the molecule is Cn1cc(CN2CCCC3CNCC32)c(C(C)(C)C)n1. The Balaban J connectivity index is 1.80. The molecule has 0 aliphatic carbocycles. The standard InChI is InChI=1S/C16H28N4/c1-16(2,3)15-13(10-19(4)18-15)11-20-7-5-6-12-8-17-9-14(12)20/h10,12,14,17H,5-9,11H2,1-4H3. The van der Waals surface area contributed by atoms with Crippen molar-refractivity contribution in [2.24, 2.45) is 13.0 Å². The minimum Gasteiger partial charge on any atom is -0.315 e. The van der Waals surface area contributed by atoms with E-state index in [0.717, 1.165) is 25.0 Å². The molecule has 0 amide bonds. The molecular weight excluding hydrogens is 248 g/mol. The lowest BCUT2D eigenvalue weighted by Crippen LogP contribution is -2.44. The number of aromatic nitrogens is 2. The zero-order valence-electron chi connectivity index (χ0n) is 13.3. The third-order valence-corrected chi connectivity index (χ3v) is 4.78. The Bertz CT molecular complexity index is 471. The minimum absolute atomic E-state index is 0.125. The Hall–Kier alpha value is -0.870. The molecule has 0 aromatic carbocycles. The fourth-order valence-electron chi connectivity index (χ4n) is 3.86. The van der Waals surface area contributed by atoms with Crippen molar-refractivity contribution in [3.63, 3.8) is 0 Å². The molecule has 2 aliphatic rings. The predicted octanol–water partition coefficient (Wildman–Crippen LogP) is 1.90. The number of fused-ring (bicyclic) bond motifs is 1. The van der Waals surface area contributed by atoms with Gasteiger partial charge in [0.05, 0.1) is 5.69 Å². The van der Waals surface area contributed by atoms with E-state index in [1.54, 1.807) is 0 Å². The van der Waals surface area contributed by atoms with Gasteiger partial charge >= 0.3 is 0 Å². The van der Waals surface area contributed by atoms with Crippen LogP contribution in [0.1, 0.15) is 44.9 Å². The molecule has 2 atom stereocenters. The molecule has 0 saturated carbocycles. The first kappa shape index (κ1) is 14.1. The average molecular weight is 276 g/mol. The molecule has 3 rings (SSSR count). The molecule has 2 saturated heterocycles. The maximum atomic E-state index is 4.71. The number of aryl methyl sites for hydroxylation is 1. The molecule has 0 bridgehead atoms. The van der Waals surface area contributed by atoms with Crippen molar-refractivity contribution in [2.75, 3.05) is 19.6 Å². The molecule has 1 aromatic rings. The third kappa shape index (κ3) is 2.63. The van der Waals surface area contributed by atoms with Crippen LogP contribution >= 0.6 is 0 Å². The molecule has 1 aromatic heterocycles. The second kappa shape index (κ2) is 5.15. The van der Waals surface area contributed by atoms with Gasteiger partial charge in [-0.3, -0.25) is 9.58 Å². The Morgan fingerprint density at radius 2 is 2.15 bits per heavy atom. The van der Waals surface area contributed by atoms with Gasteiger partial charge in [0.15, 0.2) is 0 Å². The number of piperidine rings is 1. The molecule has 112 valence electrons. The van der Waals surface area contributed by atoms with Gasteiger partial charge in [0, 0.05) is 43.4 Å². The summed E-state index contributed by atoms with van der Waals surface area (Å²) in [5, 5.41) is 8.27. The summed E-state index contributed by atoms with van der Waals surface area (Å²) in [5.74, 6) is 0.860. The molecule has 0 radical (unpaired) electrons. The topological polar surface area (TPSA) is 33.1 Å². The van der Waals surface area contributed by atoms with E-state index in [9.17, 15) is 0 Å². The summed E-state index contributed by atoms with van der Waals surface area (Å²) in [5.41, 5.74) is 2.79. The molecule has 3 heterocycles. The smallest absolute Gasteiger partial charge is 0.0722 e. The molecule has 1 N–H and O–H groups in total. The van der Waals surface area contributed by atoms with Gasteiger partial charge in [-0.25, -0.2) is 0 Å². The second-order valence-corrected chi connectivity index (χ2v) is 7.52. The fourth-order valence-corrected chi connectivity index (χ4v) is 3.86. The van der Waals surface area contributed by atoms with Crippen molar-refractivity contribution >= 4 is 0 Å². The van der Waals surface area contributed by atoms with Crippen molar-refractivity contribution in [1.82, 2.24) is 20.0 Å². The van der Waals surface area contributed by atoms with E-state index in [0.29, 0.717) is 0 Å². The average Bonchev–Trinajstić information content (AvgIpc) is 2.95. The van der Waals surface area contributed by atoms with E-state index in [-0.39, 0.29) is 5.41 Å². The molecule has 2 unspecified atom stereocenters. The van der Waals surface area contributed by atoms with E-state index < -0.39 is 0 Å². The van der Waals surface area contributed by atoms with Crippen molar-refractivity contribution in [3.8, 4) is 0 Å². The molecule has 2 fully saturated rings. The number of hydrogen-bond donors (Lipinski definition) is 1. The Labute approximate surface area is 122 Å². The first-order valence-electron chi connectivity index (χ1n) is 7.93. The molecule has 20 heavy (non-hydrogen) atoms. The normalized spacial score (nSPS) is 27.8. The van der Waals surface area contributed by atoms with Gasteiger partial charge in [-0.15, -0.1) is 0 Å². The van der Waals surface area contributed by atoms with Gasteiger partial charge in [0.2, 0.25) is 0 Å². The summed E-state index contributed by atoms with van der Waals surface area (Å²) in [6.45, 7) is 11.4. The summed E-state index contributed by atoms with van der Waals surface area (Å²) in [6, 6.07) is 0.733. The minimum atomic E-state index is 0.125. The van der Waals surface area contributed by atoms with Crippen LogP contribution < -0.4 is 5.32 Å². The van der Waals surface area contributed by atoms with E-state index in [2.05, 4.69) is 37.2 Å². The van der Waals surface area contributed by atoms with Gasteiger partial charge in [-0.05, 0) is 31.8 Å². The number of hydrogen-bond acceptors (Lipinski definition) is 3. The number of nitrogens with one attached hydrogen (secondary N) is 1. The zero-order valence-corrected chi connectivity index (χ0v) is 13.3. The Morgan fingerprint density at radius 1 is 1.35 bits per heavy atom. The Morgan fingerprint density at radius 3 is 2.90 bits per heavy atom. The van der Waals surface area contributed by atoms with Crippen LogP contribution in [0, 0.1) is 5.92 Å². The monoisotopic (exact) mass is 276 g/mol. The molecule has 2 aliphatic heterocycles. The van der Waals surface area contributed by atoms with Crippen molar-refractivity contribution in [1.29, 1.82) is 0 Å². The van der Waals surface area contributed by atoms with Crippen molar-refractivity contribution in [2.45, 2.75) is 51.6 Å². The van der Waals surface area contributed by atoms with Crippen LogP contribution in [0.3, 0.4) is 0 Å². The molecule has 4 nitrogen and oxygen atoms in total. The lowest BCUT2D eigenvalue weighted by atomic mass is 9.88. The maximum Gasteiger partial charge on any atom is 0.0722 e. The number of nitrogens with zero attached hydrogens (tertiary/aromatic N) is 3. The zero-order chi connectivity index (χ0) is 14.3. The largest absolute Gasteiger partial charge is 0.315 e. The lowest BCUT2D eigenvalue weighted by Gasteiger charge is -2.37. The highest BCUT2D eigenvalue weighted by atomic mass is 15.3. The van der Waals surface area contributed by atoms with Gasteiger partial charge in [-0.2, -0.15) is 5.10 Å². The maximum absolute atomic E-state index is 4.71. The van der Waals surface area contributed by atoms with Gasteiger partial charge in [0.25, 0.3) is 0 Å². The van der Waals surface area contributed by atoms with Crippen LogP contribution in [0.4, 0.5) is 0 Å². The van der Waals surface area contributed by atoms with Crippen LogP contribution in [0.5, 0.6) is 0 Å². The molecular formula is C16H28N4. The van der Waals surface area contributed by atoms with E-state index >= 15 is 0 Å². The Kier molecular flexibility index (Phi) is 3.63. The highest BCUT2D eigenvalue weighted by Gasteiger charge is 2.35. The van der Waals surface area contributed by atoms with Gasteiger partial charge in [0.1, 0.15) is 0 Å². The van der Waals surface area contributed by atoms with Crippen molar-refractivity contribution < 1.29 is 0 Å². The third-order valence-electron chi connectivity index (χ3n) is 4.78. The van der Waals surface area contributed by atoms with Crippen LogP contribution in [-0.2, 0) is 19.0 Å². The second-order valence-electron chi connectivity index (χ2n) is 7.52. The summed E-state index contributed by atoms with van der Waals surface area (Å²) < 4.78 is 1.98. The quantitative estimate of drug-likeness (QED) is 0.895. The van der Waals surface area contributed by atoms with Crippen LogP contribution in [0.25, 0.3) is 0 Å². The summed E-state index contributed by atoms with van der Waals surface area (Å²) in [4.78, 5) is 2.68. The van der Waals surface area contributed by atoms with E-state index in [4.69, 9.17) is 5.10 Å². The first-order chi connectivity index (χ1) is 9.45. The van der Waals surface area contributed by atoms with Crippen LogP contribution in [0.2, 0.25) is 0 Å². The predicted molar refractivity (Wildman–Crippen MR) is 81.7 cm³/mol. The molecule has 0 spiro atoms. The highest BCUT2D eigenvalue weighted by Crippen LogP contribution is 2.30. The van der Waals surface area contributed by atoms with Crippen molar-refractivity contribution in [3.05, 3.63) is 17.5 Å². The van der Waals surface area contributed by atoms with E-state index in [1.807, 2.05) is 11.7 Å². The lowest BCUT2D eigenvalue weighted by molar-refractivity contribution is 0.117.